The van der Waals surface area contributed by atoms with Gasteiger partial charge in [0.2, 0.25) is 0 Å². The second-order valence-electron chi connectivity index (χ2n) is 4.34. The number of carboxylic acid groups (broad SMARTS) is 1. The summed E-state index contributed by atoms with van der Waals surface area (Å²) in [5.74, 6) is 0. The van der Waals surface area contributed by atoms with Gasteiger partial charge in [0, 0.05) is 6.42 Å². The van der Waals surface area contributed by atoms with E-state index in [0.717, 1.165) is 11.8 Å². The summed E-state index contributed by atoms with van der Waals surface area (Å²) in [5.41, 5.74) is 0.499. The molecule has 0 aliphatic carbocycles. The van der Waals surface area contributed by atoms with Crippen LogP contribution in [0.15, 0.2) is 30.3 Å². The predicted molar refractivity (Wildman–Crippen MR) is 65.1 cm³/mol. The van der Waals surface area contributed by atoms with Crippen LogP contribution in [0.3, 0.4) is 0 Å². The van der Waals surface area contributed by atoms with Crippen LogP contribution in [0.1, 0.15) is 26.3 Å². The number of carbonyl (C=O) groups excluding carboxylic acids is 1. The van der Waals surface area contributed by atoms with Gasteiger partial charge < -0.3 is 14.6 Å². The number of benzene rings is 1. The van der Waals surface area contributed by atoms with Crippen molar-refractivity contribution in [2.45, 2.75) is 32.8 Å². The van der Waals surface area contributed by atoms with Crippen molar-refractivity contribution in [3.05, 3.63) is 35.9 Å². The normalized spacial score (nSPS) is 9.82. The molecule has 4 heteroatoms. The van der Waals surface area contributed by atoms with Gasteiger partial charge in [0.05, 0.1) is 0 Å². The molecule has 1 rings (SSSR count). The van der Waals surface area contributed by atoms with Gasteiger partial charge in [-0.2, -0.15) is 0 Å². The lowest BCUT2D eigenvalue weighted by Crippen LogP contribution is -2.22. The van der Waals surface area contributed by atoms with E-state index in [-0.39, 0.29) is 0 Å². The van der Waals surface area contributed by atoms with Gasteiger partial charge in [-0.25, -0.2) is 4.79 Å². The first kappa shape index (κ1) is 15.2. The van der Waals surface area contributed by atoms with Crippen molar-refractivity contribution in [2.75, 3.05) is 0 Å². The summed E-state index contributed by atoms with van der Waals surface area (Å²) in [4.78, 5) is 19.8. The molecule has 0 amide bonds. The summed E-state index contributed by atoms with van der Waals surface area (Å²) in [6, 6.07) is 9.68. The fourth-order valence-electron chi connectivity index (χ4n) is 0.972. The molecule has 1 aromatic carbocycles. The summed E-state index contributed by atoms with van der Waals surface area (Å²) in [6.07, 6.45) is 0.216. The number of aldehydes is 1. The van der Waals surface area contributed by atoms with Gasteiger partial charge in [-0.15, -0.1) is 0 Å². The SMILES string of the molecule is CC(C)(C)OC(=O)O.O=CCc1ccccc1. The Labute approximate surface area is 101 Å². The summed E-state index contributed by atoms with van der Waals surface area (Å²) in [6.45, 7) is 5.04. The summed E-state index contributed by atoms with van der Waals surface area (Å²) in [5, 5.41) is 8.03. The van der Waals surface area contributed by atoms with E-state index in [1.807, 2.05) is 30.3 Å². The van der Waals surface area contributed by atoms with Crippen molar-refractivity contribution in [2.24, 2.45) is 0 Å². The molecule has 0 aliphatic heterocycles. The minimum absolute atomic E-state index is 0.529. The van der Waals surface area contributed by atoms with Crippen molar-refractivity contribution < 1.29 is 19.4 Å². The van der Waals surface area contributed by atoms with E-state index in [9.17, 15) is 9.59 Å². The Morgan fingerprint density at radius 1 is 1.29 bits per heavy atom. The molecule has 0 aliphatic rings. The first-order valence-electron chi connectivity index (χ1n) is 5.24. The second-order valence-corrected chi connectivity index (χ2v) is 4.34. The highest BCUT2D eigenvalue weighted by Crippen LogP contribution is 2.05. The minimum atomic E-state index is -1.22. The molecule has 4 nitrogen and oxygen atoms in total. The van der Waals surface area contributed by atoms with Gasteiger partial charge in [-0.1, -0.05) is 30.3 Å². The van der Waals surface area contributed by atoms with E-state index in [1.54, 1.807) is 20.8 Å². The molecule has 17 heavy (non-hydrogen) atoms. The molecule has 0 saturated carbocycles. The molecule has 0 unspecified atom stereocenters. The lowest BCUT2D eigenvalue weighted by atomic mass is 10.2. The number of hydrogen-bond donors (Lipinski definition) is 1. The monoisotopic (exact) mass is 238 g/mol. The first-order valence-corrected chi connectivity index (χ1v) is 5.24. The third-order valence-electron chi connectivity index (χ3n) is 1.56. The highest BCUT2D eigenvalue weighted by atomic mass is 16.7. The highest BCUT2D eigenvalue weighted by Gasteiger charge is 2.13. The molecule has 0 heterocycles. The Kier molecular flexibility index (Phi) is 6.63. The van der Waals surface area contributed by atoms with Crippen molar-refractivity contribution in [1.29, 1.82) is 0 Å². The van der Waals surface area contributed by atoms with Crippen molar-refractivity contribution >= 4 is 12.4 Å². The molecule has 0 radical (unpaired) electrons. The van der Waals surface area contributed by atoms with Crippen LogP contribution in [0.4, 0.5) is 4.79 Å². The molecular formula is C13H18O4. The van der Waals surface area contributed by atoms with Gasteiger partial charge in [-0.3, -0.25) is 0 Å². The van der Waals surface area contributed by atoms with Crippen molar-refractivity contribution in [3.63, 3.8) is 0 Å². The van der Waals surface area contributed by atoms with Crippen molar-refractivity contribution in [1.82, 2.24) is 0 Å². The van der Waals surface area contributed by atoms with Crippen LogP contribution in [-0.2, 0) is 16.0 Å². The standard InChI is InChI=1S/C8H8O.C5H10O3/c9-7-6-8-4-2-1-3-5-8;1-5(2,3)8-4(6)7/h1-5,7H,6H2;1-3H3,(H,6,7). The van der Waals surface area contributed by atoms with E-state index in [0.29, 0.717) is 6.42 Å². The van der Waals surface area contributed by atoms with Gasteiger partial charge in [-0.05, 0) is 26.3 Å². The maximum absolute atomic E-state index is 9.97. The molecule has 0 saturated heterocycles. The number of ether oxygens (including phenoxy) is 1. The fourth-order valence-corrected chi connectivity index (χ4v) is 0.972. The Balaban J connectivity index is 0.000000304. The Morgan fingerprint density at radius 3 is 2.12 bits per heavy atom. The molecule has 0 fully saturated rings. The van der Waals surface area contributed by atoms with E-state index in [1.165, 1.54) is 0 Å². The van der Waals surface area contributed by atoms with Crippen LogP contribution in [-0.4, -0.2) is 23.1 Å². The molecular weight excluding hydrogens is 220 g/mol. The maximum atomic E-state index is 9.97. The zero-order chi connectivity index (χ0) is 13.3. The zero-order valence-electron chi connectivity index (χ0n) is 10.3. The molecule has 0 spiro atoms. The van der Waals surface area contributed by atoms with E-state index in [2.05, 4.69) is 4.74 Å². The highest BCUT2D eigenvalue weighted by molar-refractivity contribution is 5.57. The topological polar surface area (TPSA) is 63.6 Å². The minimum Gasteiger partial charge on any atom is -0.450 e. The van der Waals surface area contributed by atoms with Crippen LogP contribution in [0.5, 0.6) is 0 Å². The second kappa shape index (κ2) is 7.44. The average molecular weight is 238 g/mol. The lowest BCUT2D eigenvalue weighted by molar-refractivity contribution is -0.107. The fraction of sp³-hybridized carbons (Fsp3) is 0.385. The van der Waals surface area contributed by atoms with Crippen molar-refractivity contribution in [3.8, 4) is 0 Å². The summed E-state index contributed by atoms with van der Waals surface area (Å²) >= 11 is 0. The third-order valence-corrected chi connectivity index (χ3v) is 1.56. The van der Waals surface area contributed by atoms with Gasteiger partial charge in [0.25, 0.3) is 0 Å². The number of rotatable bonds is 2. The Morgan fingerprint density at radius 2 is 1.82 bits per heavy atom. The smallest absolute Gasteiger partial charge is 0.450 e. The molecule has 1 aromatic rings. The maximum Gasteiger partial charge on any atom is 0.506 e. The molecule has 0 atom stereocenters. The average Bonchev–Trinajstić information content (AvgIpc) is 2.16. The van der Waals surface area contributed by atoms with Gasteiger partial charge >= 0.3 is 6.16 Å². The first-order chi connectivity index (χ1) is 7.85. The van der Waals surface area contributed by atoms with Crippen LogP contribution < -0.4 is 0 Å². The van der Waals surface area contributed by atoms with E-state index in [4.69, 9.17) is 5.11 Å². The Bertz CT molecular complexity index is 338. The largest absolute Gasteiger partial charge is 0.506 e. The van der Waals surface area contributed by atoms with Crippen LogP contribution in [0, 0.1) is 0 Å². The van der Waals surface area contributed by atoms with Crippen LogP contribution >= 0.6 is 0 Å². The summed E-state index contributed by atoms with van der Waals surface area (Å²) < 4.78 is 4.35. The van der Waals surface area contributed by atoms with Crippen LogP contribution in [0.25, 0.3) is 0 Å². The third kappa shape index (κ3) is 10.4. The molecule has 0 bridgehead atoms. The quantitative estimate of drug-likeness (QED) is 0.635. The Hall–Kier alpha value is -1.84. The zero-order valence-corrected chi connectivity index (χ0v) is 10.3. The molecule has 1 N–H and O–H groups in total. The lowest BCUT2D eigenvalue weighted by Gasteiger charge is -2.15. The van der Waals surface area contributed by atoms with Crippen LogP contribution in [0.2, 0.25) is 0 Å². The molecule has 0 aromatic heterocycles. The van der Waals surface area contributed by atoms with E-state index >= 15 is 0 Å². The van der Waals surface area contributed by atoms with E-state index < -0.39 is 11.8 Å². The number of hydrogen-bond acceptors (Lipinski definition) is 3. The predicted octanol–water partition coefficient (Wildman–Crippen LogP) is 2.91. The van der Waals surface area contributed by atoms with Gasteiger partial charge in [0.15, 0.2) is 0 Å². The van der Waals surface area contributed by atoms with Gasteiger partial charge in [0.1, 0.15) is 11.9 Å². The molecule has 94 valence electrons. The number of carbonyl (C=O) groups is 2. The summed E-state index contributed by atoms with van der Waals surface area (Å²) in [7, 11) is 0.